The maximum atomic E-state index is 12.5. The molecule has 6 nitrogen and oxygen atoms in total. The van der Waals surface area contributed by atoms with Gasteiger partial charge in [-0.1, -0.05) is 19.9 Å². The first-order chi connectivity index (χ1) is 16.6. The summed E-state index contributed by atoms with van der Waals surface area (Å²) in [6.45, 7) is 6.93. The second-order valence-electron chi connectivity index (χ2n) is 7.48. The van der Waals surface area contributed by atoms with Crippen molar-refractivity contribution in [3.05, 3.63) is 51.9 Å². The summed E-state index contributed by atoms with van der Waals surface area (Å²) in [4.78, 5) is 23.6. The van der Waals surface area contributed by atoms with Crippen LogP contribution in [0.3, 0.4) is 0 Å². The second-order valence-corrected chi connectivity index (χ2v) is 9.93. The number of carbonyl (C=O) groups excluding carboxylic acids is 1. The van der Waals surface area contributed by atoms with Crippen molar-refractivity contribution in [2.24, 2.45) is 0 Å². The Balaban J connectivity index is 1.83. The van der Waals surface area contributed by atoms with Gasteiger partial charge < -0.3 is 13.9 Å². The van der Waals surface area contributed by atoms with E-state index in [1.54, 1.807) is 48.6 Å². The van der Waals surface area contributed by atoms with Crippen molar-refractivity contribution in [3.63, 3.8) is 0 Å². The normalized spacial score (nSPS) is 11.6. The molecule has 11 heteroatoms. The number of esters is 1. The Morgan fingerprint density at radius 2 is 1.77 bits per heavy atom. The predicted molar refractivity (Wildman–Crippen MR) is 133 cm³/mol. The van der Waals surface area contributed by atoms with Gasteiger partial charge in [0.05, 0.1) is 18.8 Å². The number of fused-ring (bicyclic) bond motifs is 1. The molecule has 0 aliphatic rings. The van der Waals surface area contributed by atoms with Crippen molar-refractivity contribution >= 4 is 40.5 Å². The van der Waals surface area contributed by atoms with Gasteiger partial charge in [-0.05, 0) is 31.0 Å². The zero-order chi connectivity index (χ0) is 25.8. The number of halogens is 3. The molecule has 2 aromatic rings. The van der Waals surface area contributed by atoms with Gasteiger partial charge in [0.1, 0.15) is 17.9 Å². The van der Waals surface area contributed by atoms with Crippen molar-refractivity contribution in [1.82, 2.24) is 0 Å². The van der Waals surface area contributed by atoms with Crippen molar-refractivity contribution in [1.29, 1.82) is 0 Å². The highest BCUT2D eigenvalue weighted by molar-refractivity contribution is 8.02. The molecule has 194 valence electrons. The Hall–Kier alpha value is -2.11. The summed E-state index contributed by atoms with van der Waals surface area (Å²) in [6, 6.07) is 4.99. The number of ether oxygens (including phenoxy) is 3. The first-order valence-electron chi connectivity index (χ1n) is 11.0. The van der Waals surface area contributed by atoms with E-state index >= 15 is 0 Å². The third kappa shape index (κ3) is 10.2. The number of hydrogen-bond acceptors (Lipinski definition) is 8. The fourth-order valence-electron chi connectivity index (χ4n) is 3.07. The molecular weight excluding hydrogens is 505 g/mol. The largest absolute Gasteiger partial charge is 0.522 e. The smallest absolute Gasteiger partial charge is 0.493 e. The molecule has 35 heavy (non-hydrogen) atoms. The summed E-state index contributed by atoms with van der Waals surface area (Å²) in [5.74, 6) is 3.44. The minimum Gasteiger partial charge on any atom is -0.493 e. The summed E-state index contributed by atoms with van der Waals surface area (Å²) in [5, 5.41) is 0.569. The number of alkyl halides is 3. The van der Waals surface area contributed by atoms with Gasteiger partial charge in [0, 0.05) is 40.0 Å². The lowest BCUT2D eigenvalue weighted by Gasteiger charge is -2.13. The zero-order valence-electron chi connectivity index (χ0n) is 19.7. The lowest BCUT2D eigenvalue weighted by Crippen LogP contribution is -2.19. The van der Waals surface area contributed by atoms with Gasteiger partial charge >= 0.3 is 18.0 Å². The summed E-state index contributed by atoms with van der Waals surface area (Å²) in [5.41, 5.74) is 0.194. The molecule has 0 saturated carbocycles. The van der Waals surface area contributed by atoms with E-state index in [9.17, 15) is 22.8 Å². The van der Waals surface area contributed by atoms with Crippen molar-refractivity contribution < 1.29 is 36.6 Å². The van der Waals surface area contributed by atoms with Crippen LogP contribution in [0, 0.1) is 0 Å². The van der Waals surface area contributed by atoms with Crippen LogP contribution in [0.5, 0.6) is 5.75 Å². The molecule has 2 rings (SSSR count). The van der Waals surface area contributed by atoms with Gasteiger partial charge in [0.15, 0.2) is 0 Å². The molecule has 0 atom stereocenters. The molecular formula is C24H29F3O6S2. The molecule has 0 aliphatic heterocycles. The average molecular weight is 535 g/mol. The summed E-state index contributed by atoms with van der Waals surface area (Å²) < 4.78 is 57.4. The summed E-state index contributed by atoms with van der Waals surface area (Å²) in [7, 11) is 0. The molecule has 0 aliphatic carbocycles. The third-order valence-electron chi connectivity index (χ3n) is 4.65. The van der Waals surface area contributed by atoms with E-state index in [-0.39, 0.29) is 17.1 Å². The highest BCUT2D eigenvalue weighted by Crippen LogP contribution is 2.27. The molecule has 0 saturated heterocycles. The van der Waals surface area contributed by atoms with Gasteiger partial charge in [-0.15, -0.1) is 13.2 Å². The van der Waals surface area contributed by atoms with Crippen LogP contribution in [0.1, 0.15) is 31.4 Å². The van der Waals surface area contributed by atoms with E-state index in [2.05, 4.69) is 11.3 Å². The highest BCUT2D eigenvalue weighted by Gasteiger charge is 2.30. The maximum absolute atomic E-state index is 12.5. The van der Waals surface area contributed by atoms with E-state index in [0.29, 0.717) is 48.3 Å². The molecule has 0 fully saturated rings. The lowest BCUT2D eigenvalue weighted by molar-refractivity contribution is -0.330. The maximum Gasteiger partial charge on any atom is 0.522 e. The third-order valence-corrected chi connectivity index (χ3v) is 6.80. The van der Waals surface area contributed by atoms with Crippen LogP contribution < -0.4 is 10.4 Å². The molecule has 0 radical (unpaired) electrons. The van der Waals surface area contributed by atoms with Crippen LogP contribution in [0.25, 0.3) is 11.0 Å². The van der Waals surface area contributed by atoms with E-state index in [0.717, 1.165) is 23.0 Å². The Bertz CT molecular complexity index is 1050. The van der Waals surface area contributed by atoms with Crippen molar-refractivity contribution in [2.45, 2.75) is 39.7 Å². The van der Waals surface area contributed by atoms with Crippen LogP contribution in [0.4, 0.5) is 13.2 Å². The van der Waals surface area contributed by atoms with Crippen LogP contribution in [-0.2, 0) is 27.3 Å². The standard InChI is InChI=1S/C24H29F3O6S2/c1-4-5-18-19-7-6-17(14-21(19)33-23(29)20(18)15-32-24(25,26)27)30-8-10-34-12-13-35-11-9-31-22(28)16(2)3/h6-7,14H,2,4-5,8-13,15H2,1,3H3. The summed E-state index contributed by atoms with van der Waals surface area (Å²) in [6.07, 6.45) is -3.77. The fourth-order valence-corrected chi connectivity index (χ4v) is 4.82. The van der Waals surface area contributed by atoms with Gasteiger partial charge in [-0.25, -0.2) is 9.59 Å². The second kappa shape index (κ2) is 14.4. The molecule has 1 aromatic heterocycles. The van der Waals surface area contributed by atoms with Gasteiger partial charge in [0.2, 0.25) is 0 Å². The first-order valence-corrected chi connectivity index (χ1v) is 13.3. The van der Waals surface area contributed by atoms with Crippen molar-refractivity contribution in [3.8, 4) is 5.75 Å². The molecule has 0 unspecified atom stereocenters. The Morgan fingerprint density at radius 3 is 2.40 bits per heavy atom. The van der Waals surface area contributed by atoms with Gasteiger partial charge in [-0.3, -0.25) is 4.74 Å². The average Bonchev–Trinajstić information content (AvgIpc) is 2.78. The summed E-state index contributed by atoms with van der Waals surface area (Å²) >= 11 is 3.41. The Morgan fingerprint density at radius 1 is 1.09 bits per heavy atom. The Kier molecular flexibility index (Phi) is 12.0. The number of aryl methyl sites for hydroxylation is 1. The molecule has 0 spiro atoms. The van der Waals surface area contributed by atoms with Crippen LogP contribution >= 0.6 is 23.5 Å². The highest BCUT2D eigenvalue weighted by atomic mass is 32.2. The van der Waals surface area contributed by atoms with E-state index < -0.39 is 18.6 Å². The minimum atomic E-state index is -4.83. The Labute approximate surface area is 210 Å². The lowest BCUT2D eigenvalue weighted by atomic mass is 10.0. The number of rotatable bonds is 15. The minimum absolute atomic E-state index is 0.117. The first kappa shape index (κ1) is 29.1. The number of hydrogen-bond donors (Lipinski definition) is 0. The molecule has 1 aromatic carbocycles. The molecule has 0 bridgehead atoms. The van der Waals surface area contributed by atoms with Crippen LogP contribution in [0.2, 0.25) is 0 Å². The van der Waals surface area contributed by atoms with E-state index in [1.165, 1.54) is 0 Å². The van der Waals surface area contributed by atoms with E-state index in [4.69, 9.17) is 13.9 Å². The fraction of sp³-hybridized carbons (Fsp3) is 0.500. The number of thioether (sulfide) groups is 2. The molecule has 0 amide bonds. The van der Waals surface area contributed by atoms with E-state index in [1.807, 2.05) is 6.92 Å². The van der Waals surface area contributed by atoms with Crippen molar-refractivity contribution in [2.75, 3.05) is 36.2 Å². The monoisotopic (exact) mass is 534 g/mol. The molecule has 1 heterocycles. The SMILES string of the molecule is C=C(C)C(=O)OCCSCCSCCOc1ccc2c(CCC)c(COC(F)(F)F)c(=O)oc2c1. The topological polar surface area (TPSA) is 75.0 Å². The van der Waals surface area contributed by atoms with Crippen LogP contribution in [-0.4, -0.2) is 48.6 Å². The predicted octanol–water partition coefficient (Wildman–Crippen LogP) is 5.75. The number of benzene rings is 1. The van der Waals surface area contributed by atoms with Gasteiger partial charge in [0.25, 0.3) is 0 Å². The quantitative estimate of drug-likeness (QED) is 0.124. The zero-order valence-corrected chi connectivity index (χ0v) is 21.3. The molecule has 0 N–H and O–H groups in total. The van der Waals surface area contributed by atoms with Crippen LogP contribution in [0.15, 0.2) is 39.6 Å². The number of carbonyl (C=O) groups is 1. The van der Waals surface area contributed by atoms with Gasteiger partial charge in [-0.2, -0.15) is 23.5 Å².